The molecule has 25 heavy (non-hydrogen) atoms. The molecule has 1 aromatic carbocycles. The number of aryl methyl sites for hydroxylation is 1. The maximum Gasteiger partial charge on any atom is 0.235 e. The van der Waals surface area contributed by atoms with Gasteiger partial charge >= 0.3 is 0 Å². The minimum Gasteiger partial charge on any atom is -0.317 e. The van der Waals surface area contributed by atoms with Gasteiger partial charge in [-0.25, -0.2) is 0 Å². The normalized spacial score (nSPS) is 21.9. The number of hydrogen-bond acceptors (Lipinski definition) is 4. The highest BCUT2D eigenvalue weighted by Gasteiger charge is 2.31. The van der Waals surface area contributed by atoms with E-state index in [1.165, 1.54) is 5.56 Å². The molecule has 4 rings (SSSR count). The van der Waals surface area contributed by atoms with Crippen LogP contribution >= 0.6 is 12.4 Å². The van der Waals surface area contributed by atoms with Crippen LogP contribution in [0.2, 0.25) is 0 Å². The van der Waals surface area contributed by atoms with Crippen LogP contribution in [0.15, 0.2) is 18.2 Å². The summed E-state index contributed by atoms with van der Waals surface area (Å²) < 4.78 is 1.86. The first-order chi connectivity index (χ1) is 11.6. The van der Waals surface area contributed by atoms with E-state index in [9.17, 15) is 9.59 Å². The van der Waals surface area contributed by atoms with Crippen molar-refractivity contribution in [3.8, 4) is 0 Å². The largest absolute Gasteiger partial charge is 0.317 e. The number of benzene rings is 1. The van der Waals surface area contributed by atoms with E-state index in [2.05, 4.69) is 33.9 Å². The van der Waals surface area contributed by atoms with Gasteiger partial charge in [-0.05, 0) is 49.9 Å². The fourth-order valence-electron chi connectivity index (χ4n) is 3.92. The maximum atomic E-state index is 12.2. The molecule has 6 nitrogen and oxygen atoms in total. The Labute approximate surface area is 152 Å². The number of amides is 2. The minimum atomic E-state index is -0.337. The fourth-order valence-corrected chi connectivity index (χ4v) is 3.92. The topological polar surface area (TPSA) is 76.0 Å². The van der Waals surface area contributed by atoms with E-state index in [4.69, 9.17) is 0 Å². The van der Waals surface area contributed by atoms with Crippen molar-refractivity contribution in [1.29, 1.82) is 0 Å². The van der Waals surface area contributed by atoms with Gasteiger partial charge in [0.2, 0.25) is 11.8 Å². The van der Waals surface area contributed by atoms with Gasteiger partial charge in [0.15, 0.2) is 0 Å². The number of fused-ring (bicyclic) bond motifs is 1. The summed E-state index contributed by atoms with van der Waals surface area (Å²) in [7, 11) is 1.92. The van der Waals surface area contributed by atoms with Gasteiger partial charge in [-0.1, -0.05) is 12.1 Å². The molecule has 2 aliphatic heterocycles. The van der Waals surface area contributed by atoms with Crippen molar-refractivity contribution in [3.63, 3.8) is 0 Å². The summed E-state index contributed by atoms with van der Waals surface area (Å²) in [4.78, 5) is 23.6. The highest BCUT2D eigenvalue weighted by Crippen LogP contribution is 2.33. The van der Waals surface area contributed by atoms with Crippen molar-refractivity contribution in [2.75, 3.05) is 13.1 Å². The predicted molar refractivity (Wildman–Crippen MR) is 97.9 cm³/mol. The zero-order valence-corrected chi connectivity index (χ0v) is 15.1. The van der Waals surface area contributed by atoms with Crippen molar-refractivity contribution in [3.05, 3.63) is 29.5 Å². The Balaban J connectivity index is 0.00000182. The molecular formula is C18H23ClN4O2. The second kappa shape index (κ2) is 7.14. The molecule has 0 saturated carbocycles. The number of aromatic nitrogens is 2. The molecule has 0 bridgehead atoms. The van der Waals surface area contributed by atoms with Gasteiger partial charge in [0, 0.05) is 18.9 Å². The standard InChI is InChI=1S/C18H22N4O2.ClH/c1-22-15-10-12(11-6-8-19-9-7-11)2-3-13(15)17(21-22)14-4-5-16(23)20-18(14)24;/h2-3,10-11,14,19H,4-9H2,1H3,(H,20,23,24);1H. The van der Waals surface area contributed by atoms with Gasteiger partial charge in [-0.2, -0.15) is 5.10 Å². The molecule has 2 amide bonds. The number of carbonyl (C=O) groups excluding carboxylic acids is 2. The number of rotatable bonds is 2. The highest BCUT2D eigenvalue weighted by molar-refractivity contribution is 6.02. The van der Waals surface area contributed by atoms with Crippen molar-refractivity contribution in [1.82, 2.24) is 20.4 Å². The van der Waals surface area contributed by atoms with Crippen LogP contribution in [-0.2, 0) is 16.6 Å². The third-order valence-corrected chi connectivity index (χ3v) is 5.28. The lowest BCUT2D eigenvalue weighted by atomic mass is 9.88. The molecular weight excluding hydrogens is 340 g/mol. The molecule has 3 heterocycles. The summed E-state index contributed by atoms with van der Waals surface area (Å²) in [6.07, 6.45) is 3.22. The van der Waals surface area contributed by atoms with Crippen molar-refractivity contribution in [2.45, 2.75) is 37.5 Å². The second-order valence-corrected chi connectivity index (χ2v) is 6.81. The third kappa shape index (κ3) is 3.28. The Hall–Kier alpha value is -1.92. The number of hydrogen-bond donors (Lipinski definition) is 2. The molecule has 0 aliphatic carbocycles. The Morgan fingerprint density at radius 1 is 1.16 bits per heavy atom. The molecule has 7 heteroatoms. The SMILES string of the molecule is Cl.Cn1nc(C2CCC(=O)NC2=O)c2ccc(C3CCNCC3)cc21. The van der Waals surface area contributed by atoms with E-state index in [-0.39, 0.29) is 30.1 Å². The minimum absolute atomic E-state index is 0. The van der Waals surface area contributed by atoms with E-state index in [1.54, 1.807) is 0 Å². The first-order valence-electron chi connectivity index (χ1n) is 8.64. The van der Waals surface area contributed by atoms with E-state index in [1.807, 2.05) is 11.7 Å². The Morgan fingerprint density at radius 3 is 2.64 bits per heavy atom. The summed E-state index contributed by atoms with van der Waals surface area (Å²) in [6.45, 7) is 2.13. The lowest BCUT2D eigenvalue weighted by molar-refractivity contribution is -0.134. The molecule has 1 atom stereocenters. The molecule has 0 spiro atoms. The third-order valence-electron chi connectivity index (χ3n) is 5.28. The molecule has 134 valence electrons. The fraction of sp³-hybridized carbons (Fsp3) is 0.500. The lowest BCUT2D eigenvalue weighted by Gasteiger charge is -2.23. The Morgan fingerprint density at radius 2 is 1.92 bits per heavy atom. The van der Waals surface area contributed by atoms with E-state index >= 15 is 0 Å². The first kappa shape index (κ1) is 17.9. The maximum absolute atomic E-state index is 12.2. The lowest BCUT2D eigenvalue weighted by Crippen LogP contribution is -2.39. The van der Waals surface area contributed by atoms with Crippen LogP contribution in [0.25, 0.3) is 10.9 Å². The predicted octanol–water partition coefficient (Wildman–Crippen LogP) is 1.98. The molecule has 1 aromatic heterocycles. The average molecular weight is 363 g/mol. The number of halogens is 1. The van der Waals surface area contributed by atoms with Gasteiger partial charge in [-0.15, -0.1) is 12.4 Å². The van der Waals surface area contributed by atoms with Gasteiger partial charge in [-0.3, -0.25) is 19.6 Å². The van der Waals surface area contributed by atoms with Crippen LogP contribution < -0.4 is 10.6 Å². The number of nitrogens with one attached hydrogen (secondary N) is 2. The first-order valence-corrected chi connectivity index (χ1v) is 8.64. The molecule has 0 radical (unpaired) electrons. The van der Waals surface area contributed by atoms with Crippen molar-refractivity contribution in [2.24, 2.45) is 7.05 Å². The zero-order chi connectivity index (χ0) is 16.7. The summed E-state index contributed by atoms with van der Waals surface area (Å²) in [6, 6.07) is 6.49. The highest BCUT2D eigenvalue weighted by atomic mass is 35.5. The van der Waals surface area contributed by atoms with Gasteiger partial charge < -0.3 is 5.32 Å². The van der Waals surface area contributed by atoms with E-state index in [0.29, 0.717) is 18.8 Å². The smallest absolute Gasteiger partial charge is 0.235 e. The average Bonchev–Trinajstić information content (AvgIpc) is 2.92. The summed E-state index contributed by atoms with van der Waals surface area (Å²) in [5.41, 5.74) is 3.20. The Bertz CT molecular complexity index is 811. The van der Waals surface area contributed by atoms with Crippen LogP contribution in [0.5, 0.6) is 0 Å². The van der Waals surface area contributed by atoms with Crippen LogP contribution in [-0.4, -0.2) is 34.7 Å². The molecule has 2 fully saturated rings. The van der Waals surface area contributed by atoms with Crippen molar-refractivity contribution < 1.29 is 9.59 Å². The van der Waals surface area contributed by atoms with Crippen LogP contribution in [0.1, 0.15) is 48.8 Å². The number of carbonyl (C=O) groups is 2. The summed E-state index contributed by atoms with van der Waals surface area (Å²) in [5.74, 6) is -0.168. The van der Waals surface area contributed by atoms with Gasteiger partial charge in [0.25, 0.3) is 0 Å². The second-order valence-electron chi connectivity index (χ2n) is 6.81. The van der Waals surface area contributed by atoms with Crippen molar-refractivity contribution >= 4 is 35.1 Å². The van der Waals surface area contributed by atoms with Gasteiger partial charge in [0.05, 0.1) is 17.1 Å². The zero-order valence-electron chi connectivity index (χ0n) is 14.2. The Kier molecular flexibility index (Phi) is 5.11. The van der Waals surface area contributed by atoms with Crippen LogP contribution in [0.4, 0.5) is 0 Å². The number of piperidine rings is 2. The number of nitrogens with zero attached hydrogens (tertiary/aromatic N) is 2. The summed E-state index contributed by atoms with van der Waals surface area (Å²) in [5, 5.41) is 11.5. The quantitative estimate of drug-likeness (QED) is 0.801. The van der Waals surface area contributed by atoms with Crippen LogP contribution in [0.3, 0.4) is 0 Å². The molecule has 2 saturated heterocycles. The van der Waals surface area contributed by atoms with E-state index in [0.717, 1.165) is 42.5 Å². The molecule has 2 N–H and O–H groups in total. The summed E-state index contributed by atoms with van der Waals surface area (Å²) >= 11 is 0. The van der Waals surface area contributed by atoms with E-state index < -0.39 is 0 Å². The molecule has 2 aliphatic rings. The molecule has 2 aromatic rings. The monoisotopic (exact) mass is 362 g/mol. The van der Waals surface area contributed by atoms with Crippen LogP contribution in [0, 0.1) is 0 Å². The number of imide groups is 1. The molecule has 1 unspecified atom stereocenters. The van der Waals surface area contributed by atoms with Gasteiger partial charge in [0.1, 0.15) is 0 Å².